The van der Waals surface area contributed by atoms with E-state index in [4.69, 9.17) is 4.74 Å². The third-order valence-corrected chi connectivity index (χ3v) is 4.49. The Morgan fingerprint density at radius 2 is 1.96 bits per heavy atom. The van der Waals surface area contributed by atoms with E-state index in [-0.39, 0.29) is 24.5 Å². The van der Waals surface area contributed by atoms with E-state index >= 15 is 0 Å². The molecule has 0 aliphatic carbocycles. The number of aliphatic hydroxyl groups excluding tert-OH is 1. The number of hydrazine groups is 1. The van der Waals surface area contributed by atoms with E-state index in [0.29, 0.717) is 6.54 Å². The van der Waals surface area contributed by atoms with Crippen LogP contribution in [-0.2, 0) is 4.79 Å². The second kappa shape index (κ2) is 8.11. The zero-order valence-corrected chi connectivity index (χ0v) is 14.1. The summed E-state index contributed by atoms with van der Waals surface area (Å²) in [4.78, 5) is 12.8. The molecule has 6 heteroatoms. The molecule has 2 unspecified atom stereocenters. The maximum Gasteiger partial charge on any atom is 0.227 e. The normalized spacial score (nSPS) is 20.9. The molecule has 1 amide bonds. The van der Waals surface area contributed by atoms with Gasteiger partial charge in [0.25, 0.3) is 0 Å². The van der Waals surface area contributed by atoms with E-state index in [1.807, 2.05) is 54.6 Å². The first-order valence-electron chi connectivity index (χ1n) is 8.31. The second-order valence-electron chi connectivity index (χ2n) is 6.04. The van der Waals surface area contributed by atoms with Gasteiger partial charge in [-0.05, 0) is 23.3 Å². The molecule has 1 aliphatic rings. The van der Waals surface area contributed by atoms with Crippen LogP contribution in [0.4, 0.5) is 0 Å². The third kappa shape index (κ3) is 3.99. The van der Waals surface area contributed by atoms with Crippen molar-refractivity contribution >= 4 is 5.91 Å². The number of aliphatic hydroxyl groups is 1. The summed E-state index contributed by atoms with van der Waals surface area (Å²) in [5, 5.41) is 12.6. The van der Waals surface area contributed by atoms with Crippen LogP contribution in [0.25, 0.3) is 0 Å². The third-order valence-electron chi connectivity index (χ3n) is 4.49. The summed E-state index contributed by atoms with van der Waals surface area (Å²) in [5.41, 5.74) is 8.11. The molecular formula is C19H23N3O3. The first-order valence-corrected chi connectivity index (χ1v) is 8.31. The Kier molecular flexibility index (Phi) is 5.65. The Morgan fingerprint density at radius 3 is 2.60 bits per heavy atom. The number of methoxy groups -OCH3 is 1. The number of carbonyl (C=O) groups excluding carboxylic acids is 1. The summed E-state index contributed by atoms with van der Waals surface area (Å²) >= 11 is 0. The average molecular weight is 341 g/mol. The smallest absolute Gasteiger partial charge is 0.227 e. The molecule has 4 N–H and O–H groups in total. The number of rotatable bonds is 6. The Morgan fingerprint density at radius 1 is 1.24 bits per heavy atom. The van der Waals surface area contributed by atoms with Gasteiger partial charge in [-0.15, -0.1) is 0 Å². The van der Waals surface area contributed by atoms with Crippen LogP contribution in [0.5, 0.6) is 5.75 Å². The molecule has 0 saturated carbocycles. The van der Waals surface area contributed by atoms with E-state index in [2.05, 4.69) is 16.2 Å². The zero-order valence-electron chi connectivity index (χ0n) is 14.1. The van der Waals surface area contributed by atoms with Crippen LogP contribution in [0.2, 0.25) is 0 Å². The lowest BCUT2D eigenvalue weighted by atomic mass is 9.93. The SMILES string of the molecule is COc1ccc(C2NNCC2C(=O)N[C@@H](CO)c2ccccc2)cc1. The van der Waals surface area contributed by atoms with Gasteiger partial charge in [0.15, 0.2) is 0 Å². The lowest BCUT2D eigenvalue weighted by molar-refractivity contribution is -0.126. The van der Waals surface area contributed by atoms with Gasteiger partial charge in [-0.3, -0.25) is 10.2 Å². The van der Waals surface area contributed by atoms with Gasteiger partial charge < -0.3 is 15.2 Å². The Bertz CT molecular complexity index is 691. The number of amides is 1. The van der Waals surface area contributed by atoms with Crippen molar-refractivity contribution in [1.82, 2.24) is 16.2 Å². The molecule has 1 heterocycles. The van der Waals surface area contributed by atoms with Crippen molar-refractivity contribution in [3.8, 4) is 5.75 Å². The largest absolute Gasteiger partial charge is 0.497 e. The fourth-order valence-electron chi connectivity index (χ4n) is 3.07. The molecule has 0 aromatic heterocycles. The first kappa shape index (κ1) is 17.4. The van der Waals surface area contributed by atoms with Crippen LogP contribution in [0.3, 0.4) is 0 Å². The highest BCUT2D eigenvalue weighted by atomic mass is 16.5. The molecule has 0 radical (unpaired) electrons. The minimum absolute atomic E-state index is 0.0961. The average Bonchev–Trinajstić information content (AvgIpc) is 3.16. The van der Waals surface area contributed by atoms with Crippen LogP contribution in [-0.4, -0.2) is 31.3 Å². The fourth-order valence-corrected chi connectivity index (χ4v) is 3.07. The van der Waals surface area contributed by atoms with Crippen molar-refractivity contribution in [3.63, 3.8) is 0 Å². The van der Waals surface area contributed by atoms with Gasteiger partial charge in [0.2, 0.25) is 5.91 Å². The minimum atomic E-state index is -0.411. The number of ether oxygens (including phenoxy) is 1. The van der Waals surface area contributed by atoms with Gasteiger partial charge in [-0.2, -0.15) is 0 Å². The van der Waals surface area contributed by atoms with Crippen LogP contribution in [0.15, 0.2) is 54.6 Å². The fraction of sp³-hybridized carbons (Fsp3) is 0.316. The first-order chi connectivity index (χ1) is 12.2. The molecule has 1 fully saturated rings. The number of hydrogen-bond donors (Lipinski definition) is 4. The number of benzene rings is 2. The van der Waals surface area contributed by atoms with Crippen LogP contribution in [0.1, 0.15) is 23.2 Å². The highest BCUT2D eigenvalue weighted by molar-refractivity contribution is 5.80. The Labute approximate surface area is 147 Å². The van der Waals surface area contributed by atoms with Crippen molar-refractivity contribution in [2.75, 3.05) is 20.3 Å². The predicted molar refractivity (Wildman–Crippen MR) is 94.8 cm³/mol. The number of carbonyl (C=O) groups is 1. The monoisotopic (exact) mass is 341 g/mol. The summed E-state index contributed by atoms with van der Waals surface area (Å²) < 4.78 is 5.18. The van der Waals surface area contributed by atoms with Gasteiger partial charge in [0.1, 0.15) is 5.75 Å². The van der Waals surface area contributed by atoms with Crippen molar-refractivity contribution in [1.29, 1.82) is 0 Å². The van der Waals surface area contributed by atoms with E-state index in [9.17, 15) is 9.90 Å². The minimum Gasteiger partial charge on any atom is -0.497 e. The van der Waals surface area contributed by atoms with Crippen LogP contribution < -0.4 is 20.9 Å². The summed E-state index contributed by atoms with van der Waals surface area (Å²) in [6.07, 6.45) is 0. The zero-order chi connectivity index (χ0) is 17.6. The van der Waals surface area contributed by atoms with E-state index in [1.54, 1.807) is 7.11 Å². The van der Waals surface area contributed by atoms with Gasteiger partial charge in [0.05, 0.1) is 31.7 Å². The summed E-state index contributed by atoms with van der Waals surface area (Å²) in [5.74, 6) is 0.410. The summed E-state index contributed by atoms with van der Waals surface area (Å²) in [7, 11) is 1.62. The van der Waals surface area contributed by atoms with Gasteiger partial charge in [-0.1, -0.05) is 42.5 Å². The van der Waals surface area contributed by atoms with Gasteiger partial charge in [-0.25, -0.2) is 5.43 Å². The van der Waals surface area contributed by atoms with E-state index < -0.39 is 6.04 Å². The van der Waals surface area contributed by atoms with E-state index in [0.717, 1.165) is 16.9 Å². The van der Waals surface area contributed by atoms with E-state index in [1.165, 1.54) is 0 Å². The van der Waals surface area contributed by atoms with Gasteiger partial charge >= 0.3 is 0 Å². The number of hydrogen-bond acceptors (Lipinski definition) is 5. The molecule has 3 rings (SSSR count). The topological polar surface area (TPSA) is 82.6 Å². The van der Waals surface area contributed by atoms with Crippen LogP contribution >= 0.6 is 0 Å². The number of nitrogens with one attached hydrogen (secondary N) is 3. The lowest BCUT2D eigenvalue weighted by Gasteiger charge is -2.22. The van der Waals surface area contributed by atoms with Gasteiger partial charge in [0, 0.05) is 6.54 Å². The molecular weight excluding hydrogens is 318 g/mol. The molecule has 132 valence electrons. The van der Waals surface area contributed by atoms with Crippen molar-refractivity contribution in [2.24, 2.45) is 5.92 Å². The van der Waals surface area contributed by atoms with Crippen molar-refractivity contribution < 1.29 is 14.6 Å². The lowest BCUT2D eigenvalue weighted by Crippen LogP contribution is -2.38. The molecule has 6 nitrogen and oxygen atoms in total. The van der Waals surface area contributed by atoms with Crippen LogP contribution in [0, 0.1) is 5.92 Å². The summed E-state index contributed by atoms with van der Waals surface area (Å²) in [6.45, 7) is 0.381. The standard InChI is InChI=1S/C19H23N3O3/c1-25-15-9-7-14(8-10-15)18-16(11-20-22-18)19(24)21-17(12-23)13-5-3-2-4-6-13/h2-10,16-18,20,22-23H,11-12H2,1H3,(H,21,24)/t16?,17-,18?/m0/s1. The second-order valence-corrected chi connectivity index (χ2v) is 6.04. The summed E-state index contributed by atoms with van der Waals surface area (Å²) in [6, 6.07) is 16.6. The quantitative estimate of drug-likeness (QED) is 0.637. The molecule has 2 aromatic rings. The molecule has 1 saturated heterocycles. The highest BCUT2D eigenvalue weighted by Crippen LogP contribution is 2.27. The maximum atomic E-state index is 12.8. The Balaban J connectivity index is 1.71. The molecule has 0 bridgehead atoms. The van der Waals surface area contributed by atoms with Crippen molar-refractivity contribution in [3.05, 3.63) is 65.7 Å². The van der Waals surface area contributed by atoms with Crippen molar-refractivity contribution in [2.45, 2.75) is 12.1 Å². The highest BCUT2D eigenvalue weighted by Gasteiger charge is 2.34. The maximum absolute atomic E-state index is 12.8. The molecule has 25 heavy (non-hydrogen) atoms. The molecule has 3 atom stereocenters. The Hall–Kier alpha value is -2.41. The molecule has 2 aromatic carbocycles. The molecule has 1 aliphatic heterocycles. The predicted octanol–water partition coefficient (Wildman–Crippen LogP) is 1.31. The molecule has 0 spiro atoms.